The van der Waals surface area contributed by atoms with Crippen LogP contribution >= 0.6 is 43.5 Å². The molecule has 0 radical (unpaired) electrons. The largest absolute Gasteiger partial charge is 0.451 e. The van der Waals surface area contributed by atoms with Crippen LogP contribution in [0.3, 0.4) is 0 Å². The Morgan fingerprint density at radius 3 is 2.85 bits per heavy atom. The van der Waals surface area contributed by atoms with Gasteiger partial charge in [-0.1, -0.05) is 11.6 Å². The van der Waals surface area contributed by atoms with Crippen molar-refractivity contribution >= 4 is 60.7 Å². The summed E-state index contributed by atoms with van der Waals surface area (Å²) in [7, 11) is 0. The van der Waals surface area contributed by atoms with Crippen molar-refractivity contribution in [3.8, 4) is 0 Å². The summed E-state index contributed by atoms with van der Waals surface area (Å²) in [6, 6.07) is 5.53. The van der Waals surface area contributed by atoms with E-state index in [2.05, 4.69) is 42.5 Å². The second-order valence-electron chi connectivity index (χ2n) is 4.40. The van der Waals surface area contributed by atoms with Crippen molar-refractivity contribution in [2.45, 2.75) is 13.0 Å². The number of rotatable bonds is 3. The van der Waals surface area contributed by atoms with Crippen LogP contribution in [0.15, 0.2) is 31.8 Å². The Hall–Kier alpha value is -0.980. The van der Waals surface area contributed by atoms with Gasteiger partial charge in [-0.25, -0.2) is 0 Å². The minimum Gasteiger partial charge on any atom is -0.451 e. The van der Waals surface area contributed by atoms with Crippen molar-refractivity contribution < 1.29 is 9.21 Å². The highest BCUT2D eigenvalue weighted by Gasteiger charge is 2.19. The van der Waals surface area contributed by atoms with Gasteiger partial charge < -0.3 is 15.1 Å². The Kier molecular flexibility index (Phi) is 3.79. The van der Waals surface area contributed by atoms with Crippen LogP contribution in [-0.2, 0) is 17.8 Å². The van der Waals surface area contributed by atoms with E-state index in [9.17, 15) is 4.79 Å². The van der Waals surface area contributed by atoms with E-state index in [1.54, 1.807) is 6.07 Å². The number of hydrogen-bond acceptors (Lipinski definition) is 3. The summed E-state index contributed by atoms with van der Waals surface area (Å²) in [6.45, 7) is 0.504. The van der Waals surface area contributed by atoms with E-state index in [-0.39, 0.29) is 5.91 Å². The average Bonchev–Trinajstić information content (AvgIpc) is 2.89. The number of amides is 1. The molecule has 0 bridgehead atoms. The number of furan rings is 1. The number of halogens is 3. The molecule has 104 valence electrons. The molecular formula is C13H9Br2ClN2O2. The van der Waals surface area contributed by atoms with Crippen molar-refractivity contribution in [3.05, 3.63) is 43.7 Å². The summed E-state index contributed by atoms with van der Waals surface area (Å²) in [4.78, 5) is 11.3. The molecule has 0 spiro atoms. The number of hydrogen-bond donors (Lipinski definition) is 2. The molecule has 2 N–H and O–H groups in total. The lowest BCUT2D eigenvalue weighted by molar-refractivity contribution is -0.115. The molecule has 1 aromatic heterocycles. The predicted molar refractivity (Wildman–Crippen MR) is 85.2 cm³/mol. The van der Waals surface area contributed by atoms with Crippen LogP contribution < -0.4 is 10.6 Å². The van der Waals surface area contributed by atoms with Crippen LogP contribution in [0.5, 0.6) is 0 Å². The molecule has 3 rings (SSSR count). The molecule has 0 unspecified atom stereocenters. The van der Waals surface area contributed by atoms with Gasteiger partial charge in [-0.15, -0.1) is 0 Å². The summed E-state index contributed by atoms with van der Waals surface area (Å²) in [5.41, 5.74) is 2.52. The molecule has 1 aliphatic rings. The van der Waals surface area contributed by atoms with E-state index in [1.165, 1.54) is 0 Å². The van der Waals surface area contributed by atoms with E-state index < -0.39 is 0 Å². The number of carbonyl (C=O) groups is 1. The summed E-state index contributed by atoms with van der Waals surface area (Å²) >= 11 is 12.8. The van der Waals surface area contributed by atoms with Gasteiger partial charge in [-0.2, -0.15) is 0 Å². The fourth-order valence-electron chi connectivity index (χ4n) is 2.04. The third-order valence-electron chi connectivity index (χ3n) is 2.97. The zero-order valence-electron chi connectivity index (χ0n) is 10.1. The summed E-state index contributed by atoms with van der Waals surface area (Å²) < 4.78 is 7.00. The first-order valence-electron chi connectivity index (χ1n) is 5.83. The highest BCUT2D eigenvalue weighted by Crippen LogP contribution is 2.33. The Morgan fingerprint density at radius 1 is 1.35 bits per heavy atom. The zero-order chi connectivity index (χ0) is 14.3. The molecule has 2 aromatic rings. The number of nitrogens with one attached hydrogen (secondary N) is 2. The van der Waals surface area contributed by atoms with Gasteiger partial charge in [0.2, 0.25) is 5.91 Å². The van der Waals surface area contributed by atoms with Gasteiger partial charge in [0.15, 0.2) is 4.67 Å². The van der Waals surface area contributed by atoms with Gasteiger partial charge in [0.05, 0.1) is 28.1 Å². The Morgan fingerprint density at radius 2 is 2.15 bits per heavy atom. The molecule has 1 aromatic carbocycles. The summed E-state index contributed by atoms with van der Waals surface area (Å²) in [6.07, 6.45) is 0.388. The standard InChI is InChI=1S/C13H9Br2ClN2O2/c14-8-3-7(20-13(8)15)5-17-11-1-6-2-12(19)18-10(6)4-9(11)16/h1,3-4,17H,2,5H2,(H,18,19). The van der Waals surface area contributed by atoms with E-state index >= 15 is 0 Å². The lowest BCUT2D eigenvalue weighted by Crippen LogP contribution is -2.03. The van der Waals surface area contributed by atoms with Gasteiger partial charge in [0.1, 0.15) is 5.76 Å². The van der Waals surface area contributed by atoms with Crippen LogP contribution in [0.1, 0.15) is 11.3 Å². The zero-order valence-corrected chi connectivity index (χ0v) is 14.0. The van der Waals surface area contributed by atoms with Crippen molar-refractivity contribution in [2.24, 2.45) is 0 Å². The first-order chi connectivity index (χ1) is 9.52. The lowest BCUT2D eigenvalue weighted by atomic mass is 10.1. The van der Waals surface area contributed by atoms with Crippen LogP contribution in [0.25, 0.3) is 0 Å². The molecule has 0 aliphatic carbocycles. The smallest absolute Gasteiger partial charge is 0.228 e. The quantitative estimate of drug-likeness (QED) is 0.765. The fourth-order valence-corrected chi connectivity index (χ4v) is 2.93. The van der Waals surface area contributed by atoms with Gasteiger partial charge in [0.25, 0.3) is 0 Å². The van der Waals surface area contributed by atoms with E-state index in [0.29, 0.717) is 22.7 Å². The van der Waals surface area contributed by atoms with Crippen LogP contribution in [0.4, 0.5) is 11.4 Å². The summed E-state index contributed by atoms with van der Waals surface area (Å²) in [5.74, 6) is 0.765. The maximum absolute atomic E-state index is 11.3. The Balaban J connectivity index is 1.78. The van der Waals surface area contributed by atoms with Gasteiger partial charge in [-0.05, 0) is 55.6 Å². The minimum absolute atomic E-state index is 0.00730. The molecule has 0 saturated carbocycles. The van der Waals surface area contributed by atoms with Gasteiger partial charge in [-0.3, -0.25) is 4.79 Å². The number of fused-ring (bicyclic) bond motifs is 1. The molecular weight excluding hydrogens is 411 g/mol. The highest BCUT2D eigenvalue weighted by molar-refractivity contribution is 9.13. The molecule has 1 aliphatic heterocycles. The predicted octanol–water partition coefficient (Wildman–Crippen LogP) is 4.56. The molecule has 20 heavy (non-hydrogen) atoms. The fraction of sp³-hybridized carbons (Fsp3) is 0.154. The van der Waals surface area contributed by atoms with E-state index in [1.807, 2.05) is 12.1 Å². The second-order valence-corrected chi connectivity index (χ2v) is 6.38. The topological polar surface area (TPSA) is 54.3 Å². The van der Waals surface area contributed by atoms with Crippen molar-refractivity contribution in [3.63, 3.8) is 0 Å². The van der Waals surface area contributed by atoms with Crippen molar-refractivity contribution in [1.29, 1.82) is 0 Å². The Labute approximate surface area is 137 Å². The third-order valence-corrected chi connectivity index (χ3v) is 4.99. The number of carbonyl (C=O) groups excluding carboxylic acids is 1. The van der Waals surface area contributed by atoms with Gasteiger partial charge >= 0.3 is 0 Å². The third kappa shape index (κ3) is 2.73. The lowest BCUT2D eigenvalue weighted by Gasteiger charge is -2.09. The van der Waals surface area contributed by atoms with Crippen molar-refractivity contribution in [2.75, 3.05) is 10.6 Å². The first kappa shape index (κ1) is 14.0. The highest BCUT2D eigenvalue weighted by atomic mass is 79.9. The van der Waals surface area contributed by atoms with Crippen molar-refractivity contribution in [1.82, 2.24) is 0 Å². The normalized spacial score (nSPS) is 13.2. The molecule has 0 fully saturated rings. The van der Waals surface area contributed by atoms with Crippen LogP contribution in [0.2, 0.25) is 5.02 Å². The number of benzene rings is 1. The maximum atomic E-state index is 11.3. The van der Waals surface area contributed by atoms with E-state index in [4.69, 9.17) is 16.0 Å². The first-order valence-corrected chi connectivity index (χ1v) is 7.79. The minimum atomic E-state index is -0.00730. The monoisotopic (exact) mass is 418 g/mol. The van der Waals surface area contributed by atoms with Crippen LogP contribution in [-0.4, -0.2) is 5.91 Å². The summed E-state index contributed by atoms with van der Waals surface area (Å²) in [5, 5.41) is 6.54. The molecule has 4 nitrogen and oxygen atoms in total. The molecule has 7 heteroatoms. The molecule has 0 atom stereocenters. The maximum Gasteiger partial charge on any atom is 0.228 e. The molecule has 1 amide bonds. The Bertz CT molecular complexity index is 680. The SMILES string of the molecule is O=C1Cc2cc(NCc3cc(Br)c(Br)o3)c(Cl)cc2N1. The average molecular weight is 420 g/mol. The van der Waals surface area contributed by atoms with E-state index in [0.717, 1.165) is 27.2 Å². The number of anilines is 2. The molecule has 0 saturated heterocycles. The van der Waals surface area contributed by atoms with Gasteiger partial charge in [0, 0.05) is 5.69 Å². The molecule has 2 heterocycles. The van der Waals surface area contributed by atoms with Crippen LogP contribution in [0, 0.1) is 0 Å². The second kappa shape index (κ2) is 5.42.